The van der Waals surface area contributed by atoms with Crippen LogP contribution in [0.15, 0.2) is 16.7 Å². The summed E-state index contributed by atoms with van der Waals surface area (Å²) in [5.41, 5.74) is 5.76. The van der Waals surface area contributed by atoms with Gasteiger partial charge in [0.05, 0.1) is 12.7 Å². The quantitative estimate of drug-likeness (QED) is 0.783. The number of aryl methyl sites for hydroxylation is 1. The third kappa shape index (κ3) is 2.77. The van der Waals surface area contributed by atoms with Crippen LogP contribution in [-0.4, -0.2) is 6.18 Å². The first-order chi connectivity index (χ1) is 5.90. The van der Waals surface area contributed by atoms with E-state index < -0.39 is 18.6 Å². The molecule has 5 heteroatoms. The molecule has 0 aliphatic heterocycles. The smallest absolute Gasteiger partial charge is 0.390 e. The van der Waals surface area contributed by atoms with Gasteiger partial charge in [0.15, 0.2) is 0 Å². The summed E-state index contributed by atoms with van der Waals surface area (Å²) in [6.07, 6.45) is -3.92. The summed E-state index contributed by atoms with van der Waals surface area (Å²) in [6.45, 7) is 1.59. The summed E-state index contributed by atoms with van der Waals surface area (Å²) in [6, 6.07) is 0.435. The van der Waals surface area contributed by atoms with Crippen molar-refractivity contribution in [1.82, 2.24) is 0 Å². The van der Waals surface area contributed by atoms with Gasteiger partial charge in [0.2, 0.25) is 0 Å². The molecule has 2 N–H and O–H groups in total. The zero-order chi connectivity index (χ0) is 10.1. The minimum absolute atomic E-state index is 0.414. The highest BCUT2D eigenvalue weighted by Crippen LogP contribution is 2.29. The predicted octanol–water partition coefficient (Wildman–Crippen LogP) is 2.54. The van der Waals surface area contributed by atoms with Crippen molar-refractivity contribution < 1.29 is 17.6 Å². The normalized spacial score (nSPS) is 14.5. The van der Waals surface area contributed by atoms with Gasteiger partial charge >= 0.3 is 6.18 Å². The molecule has 1 aromatic rings. The molecule has 1 rings (SSSR count). The van der Waals surface area contributed by atoms with Crippen LogP contribution in [0.2, 0.25) is 0 Å². The highest BCUT2D eigenvalue weighted by atomic mass is 19.4. The van der Waals surface area contributed by atoms with Crippen LogP contribution in [0.25, 0.3) is 0 Å². The summed E-state index contributed by atoms with van der Waals surface area (Å²) in [5.74, 6) is 0.441. The van der Waals surface area contributed by atoms with E-state index in [9.17, 15) is 13.2 Å². The Hall–Kier alpha value is -0.970. The van der Waals surface area contributed by atoms with Crippen molar-refractivity contribution in [3.8, 4) is 0 Å². The molecule has 0 amide bonds. The first kappa shape index (κ1) is 10.1. The summed E-state index contributed by atoms with van der Waals surface area (Å²) in [5, 5.41) is 0. The summed E-state index contributed by atoms with van der Waals surface area (Å²) < 4.78 is 40.6. The van der Waals surface area contributed by atoms with E-state index in [0.717, 1.165) is 0 Å². The van der Waals surface area contributed by atoms with E-state index in [2.05, 4.69) is 0 Å². The zero-order valence-corrected chi connectivity index (χ0v) is 7.06. The van der Waals surface area contributed by atoms with Crippen molar-refractivity contribution in [1.29, 1.82) is 0 Å². The number of furan rings is 1. The van der Waals surface area contributed by atoms with E-state index >= 15 is 0 Å². The van der Waals surface area contributed by atoms with E-state index in [-0.39, 0.29) is 0 Å². The molecule has 2 nitrogen and oxygen atoms in total. The maximum absolute atomic E-state index is 11.9. The van der Waals surface area contributed by atoms with Crippen molar-refractivity contribution in [2.75, 3.05) is 0 Å². The van der Waals surface area contributed by atoms with Crippen molar-refractivity contribution in [3.05, 3.63) is 23.7 Å². The van der Waals surface area contributed by atoms with E-state index in [1.807, 2.05) is 0 Å². The summed E-state index contributed by atoms with van der Waals surface area (Å²) in [7, 11) is 0. The fourth-order valence-electron chi connectivity index (χ4n) is 1.14. The molecular formula is C8H10F3NO. The van der Waals surface area contributed by atoms with Crippen molar-refractivity contribution in [3.63, 3.8) is 0 Å². The van der Waals surface area contributed by atoms with Gasteiger partial charge in [-0.15, -0.1) is 0 Å². The lowest BCUT2D eigenvalue weighted by Crippen LogP contribution is -2.20. The number of alkyl halides is 3. The Bertz CT molecular complexity index is 279. The topological polar surface area (TPSA) is 39.2 Å². The van der Waals surface area contributed by atoms with Crippen LogP contribution in [0.4, 0.5) is 13.2 Å². The van der Waals surface area contributed by atoms with Gasteiger partial charge in [0, 0.05) is 11.6 Å². The van der Waals surface area contributed by atoms with Gasteiger partial charge in [-0.2, -0.15) is 13.2 Å². The lowest BCUT2D eigenvalue weighted by Gasteiger charge is -2.12. The molecule has 1 heterocycles. The molecule has 74 valence electrons. The Morgan fingerprint density at radius 1 is 1.54 bits per heavy atom. The number of hydrogen-bond donors (Lipinski definition) is 1. The summed E-state index contributed by atoms with van der Waals surface area (Å²) in [4.78, 5) is 0. The molecular weight excluding hydrogens is 183 g/mol. The predicted molar refractivity (Wildman–Crippen MR) is 41.0 cm³/mol. The molecule has 1 aromatic heterocycles. The first-order valence-electron chi connectivity index (χ1n) is 3.76. The molecule has 0 aliphatic carbocycles. The van der Waals surface area contributed by atoms with Gasteiger partial charge in [0.1, 0.15) is 5.76 Å². The van der Waals surface area contributed by atoms with Crippen molar-refractivity contribution in [2.24, 2.45) is 5.73 Å². The molecule has 0 aromatic carbocycles. The van der Waals surface area contributed by atoms with E-state index in [0.29, 0.717) is 11.3 Å². The van der Waals surface area contributed by atoms with Crippen LogP contribution in [0.5, 0.6) is 0 Å². The van der Waals surface area contributed by atoms with Crippen LogP contribution in [0.3, 0.4) is 0 Å². The van der Waals surface area contributed by atoms with E-state index in [1.165, 1.54) is 12.3 Å². The molecule has 1 atom stereocenters. The molecule has 0 bridgehead atoms. The van der Waals surface area contributed by atoms with Crippen molar-refractivity contribution in [2.45, 2.75) is 25.6 Å². The van der Waals surface area contributed by atoms with Gasteiger partial charge in [-0.25, -0.2) is 0 Å². The third-order valence-electron chi connectivity index (χ3n) is 1.75. The number of nitrogens with two attached hydrogens (primary N) is 1. The Labute approximate surface area is 73.5 Å². The minimum Gasteiger partial charge on any atom is -0.469 e. The lowest BCUT2D eigenvalue weighted by molar-refractivity contribution is -0.138. The SMILES string of the molecule is Cc1occc1C(N)CC(F)(F)F. The Balaban J connectivity index is 2.69. The summed E-state index contributed by atoms with van der Waals surface area (Å²) >= 11 is 0. The molecule has 0 radical (unpaired) electrons. The third-order valence-corrected chi connectivity index (χ3v) is 1.75. The molecule has 0 saturated heterocycles. The van der Waals surface area contributed by atoms with Crippen LogP contribution in [-0.2, 0) is 0 Å². The molecule has 13 heavy (non-hydrogen) atoms. The fraction of sp³-hybridized carbons (Fsp3) is 0.500. The van der Waals surface area contributed by atoms with Gasteiger partial charge in [-0.05, 0) is 13.0 Å². The highest BCUT2D eigenvalue weighted by molar-refractivity contribution is 5.19. The number of halogens is 3. The van der Waals surface area contributed by atoms with Crippen molar-refractivity contribution >= 4 is 0 Å². The molecule has 0 fully saturated rings. The highest BCUT2D eigenvalue weighted by Gasteiger charge is 2.31. The van der Waals surface area contributed by atoms with Crippen LogP contribution < -0.4 is 5.73 Å². The first-order valence-corrected chi connectivity index (χ1v) is 3.76. The zero-order valence-electron chi connectivity index (χ0n) is 7.06. The fourth-order valence-corrected chi connectivity index (χ4v) is 1.14. The van der Waals surface area contributed by atoms with E-state index in [4.69, 9.17) is 10.2 Å². The van der Waals surface area contributed by atoms with Crippen LogP contribution in [0.1, 0.15) is 23.8 Å². The Morgan fingerprint density at radius 3 is 2.54 bits per heavy atom. The maximum Gasteiger partial charge on any atom is 0.390 e. The standard InChI is InChI=1S/C8H10F3NO/c1-5-6(2-3-13-5)7(12)4-8(9,10)11/h2-3,7H,4,12H2,1H3. The minimum atomic E-state index is -4.23. The number of rotatable bonds is 2. The van der Waals surface area contributed by atoms with Crippen LogP contribution >= 0.6 is 0 Å². The average Bonchev–Trinajstić information content (AvgIpc) is 2.30. The molecule has 0 aliphatic rings. The van der Waals surface area contributed by atoms with Gasteiger partial charge in [-0.3, -0.25) is 0 Å². The van der Waals surface area contributed by atoms with Gasteiger partial charge in [0.25, 0.3) is 0 Å². The largest absolute Gasteiger partial charge is 0.469 e. The second-order valence-corrected chi connectivity index (χ2v) is 2.86. The second kappa shape index (κ2) is 3.41. The van der Waals surface area contributed by atoms with E-state index in [1.54, 1.807) is 6.92 Å². The monoisotopic (exact) mass is 193 g/mol. The average molecular weight is 193 g/mol. The molecule has 0 spiro atoms. The van der Waals surface area contributed by atoms with Crippen LogP contribution in [0, 0.1) is 6.92 Å². The number of hydrogen-bond acceptors (Lipinski definition) is 2. The Kier molecular flexibility index (Phi) is 2.66. The van der Waals surface area contributed by atoms with Gasteiger partial charge < -0.3 is 10.2 Å². The lowest BCUT2D eigenvalue weighted by atomic mass is 10.1. The molecule has 1 unspecified atom stereocenters. The van der Waals surface area contributed by atoms with Gasteiger partial charge in [-0.1, -0.05) is 0 Å². The maximum atomic E-state index is 11.9. The second-order valence-electron chi connectivity index (χ2n) is 2.86. The molecule has 0 saturated carbocycles. The Morgan fingerprint density at radius 2 is 2.15 bits per heavy atom.